The van der Waals surface area contributed by atoms with E-state index in [0.717, 1.165) is 74.9 Å². The van der Waals surface area contributed by atoms with Crippen LogP contribution in [0.15, 0.2) is 23.2 Å². The third-order valence-electron chi connectivity index (χ3n) is 5.98. The van der Waals surface area contributed by atoms with Crippen molar-refractivity contribution in [1.82, 2.24) is 10.6 Å². The molecule has 0 spiro atoms. The SMILES string of the molecule is CCNC(=NCC1CCCC1O)NC1CCN(c2cc(OC)cc(OC)c2)CC1.I. The number of aliphatic hydroxyl groups excluding tert-OH is 1. The molecule has 2 fully saturated rings. The lowest BCUT2D eigenvalue weighted by Gasteiger charge is -2.35. The van der Waals surface area contributed by atoms with E-state index in [1.54, 1.807) is 14.2 Å². The Balaban J connectivity index is 0.00000320. The summed E-state index contributed by atoms with van der Waals surface area (Å²) in [6.07, 6.45) is 4.99. The molecule has 2 aliphatic rings. The third-order valence-corrected chi connectivity index (χ3v) is 5.98. The van der Waals surface area contributed by atoms with E-state index in [9.17, 15) is 5.11 Å². The molecule has 0 bridgehead atoms. The highest BCUT2D eigenvalue weighted by atomic mass is 127. The summed E-state index contributed by atoms with van der Waals surface area (Å²) in [7, 11) is 3.36. The summed E-state index contributed by atoms with van der Waals surface area (Å²) in [4.78, 5) is 7.13. The maximum atomic E-state index is 10.0. The number of anilines is 1. The van der Waals surface area contributed by atoms with Crippen LogP contribution in [0.2, 0.25) is 0 Å². The minimum Gasteiger partial charge on any atom is -0.497 e. The van der Waals surface area contributed by atoms with Gasteiger partial charge in [-0.25, -0.2) is 0 Å². The molecule has 7 nitrogen and oxygen atoms in total. The molecular formula is C22H37IN4O3. The van der Waals surface area contributed by atoms with Gasteiger partial charge in [0.05, 0.1) is 20.3 Å². The lowest BCUT2D eigenvalue weighted by Crippen LogP contribution is -2.49. The highest BCUT2D eigenvalue weighted by Gasteiger charge is 2.25. The van der Waals surface area contributed by atoms with Gasteiger partial charge < -0.3 is 30.1 Å². The van der Waals surface area contributed by atoms with E-state index in [1.165, 1.54) is 0 Å². The first-order valence-corrected chi connectivity index (χ1v) is 10.8. The van der Waals surface area contributed by atoms with Crippen LogP contribution in [0.4, 0.5) is 5.69 Å². The highest BCUT2D eigenvalue weighted by Crippen LogP contribution is 2.30. The van der Waals surface area contributed by atoms with Crippen molar-refractivity contribution in [1.29, 1.82) is 0 Å². The highest BCUT2D eigenvalue weighted by molar-refractivity contribution is 14.0. The third kappa shape index (κ3) is 6.80. The Labute approximate surface area is 197 Å². The molecule has 3 rings (SSSR count). The average Bonchev–Trinajstić information content (AvgIpc) is 3.17. The molecule has 8 heteroatoms. The minimum atomic E-state index is -0.190. The largest absolute Gasteiger partial charge is 0.497 e. The average molecular weight is 532 g/mol. The smallest absolute Gasteiger partial charge is 0.191 e. The van der Waals surface area contributed by atoms with Crippen LogP contribution in [0.5, 0.6) is 11.5 Å². The van der Waals surface area contributed by atoms with E-state index in [0.29, 0.717) is 18.5 Å². The predicted molar refractivity (Wildman–Crippen MR) is 133 cm³/mol. The number of benzene rings is 1. The second-order valence-electron chi connectivity index (χ2n) is 7.95. The Morgan fingerprint density at radius 1 is 1.10 bits per heavy atom. The summed E-state index contributed by atoms with van der Waals surface area (Å²) >= 11 is 0. The van der Waals surface area contributed by atoms with Crippen LogP contribution in [0.3, 0.4) is 0 Å². The Morgan fingerprint density at radius 2 is 1.77 bits per heavy atom. The van der Waals surface area contributed by atoms with Gasteiger partial charge in [-0.3, -0.25) is 4.99 Å². The number of hydrogen-bond acceptors (Lipinski definition) is 5. The van der Waals surface area contributed by atoms with Gasteiger partial charge in [-0.15, -0.1) is 24.0 Å². The van der Waals surface area contributed by atoms with Crippen molar-refractivity contribution in [3.8, 4) is 11.5 Å². The van der Waals surface area contributed by atoms with Crippen molar-refractivity contribution in [2.24, 2.45) is 10.9 Å². The van der Waals surface area contributed by atoms with E-state index >= 15 is 0 Å². The molecule has 30 heavy (non-hydrogen) atoms. The van der Waals surface area contributed by atoms with E-state index in [4.69, 9.17) is 14.5 Å². The van der Waals surface area contributed by atoms with Crippen LogP contribution < -0.4 is 25.0 Å². The number of hydrogen-bond donors (Lipinski definition) is 3. The van der Waals surface area contributed by atoms with Gasteiger partial charge in [0.1, 0.15) is 11.5 Å². The monoisotopic (exact) mass is 532 g/mol. The fraction of sp³-hybridized carbons (Fsp3) is 0.682. The first-order chi connectivity index (χ1) is 14.1. The van der Waals surface area contributed by atoms with Crippen LogP contribution >= 0.6 is 24.0 Å². The number of halogens is 1. The van der Waals surface area contributed by atoms with Gasteiger partial charge >= 0.3 is 0 Å². The molecular weight excluding hydrogens is 495 g/mol. The van der Waals surface area contributed by atoms with Crippen molar-refractivity contribution in [2.75, 3.05) is 45.3 Å². The lowest BCUT2D eigenvalue weighted by molar-refractivity contribution is 0.136. The van der Waals surface area contributed by atoms with Crippen LogP contribution in [-0.4, -0.2) is 63.6 Å². The summed E-state index contributed by atoms with van der Waals surface area (Å²) in [5, 5.41) is 17.0. The molecule has 2 unspecified atom stereocenters. The zero-order valence-electron chi connectivity index (χ0n) is 18.4. The van der Waals surface area contributed by atoms with Gasteiger partial charge in [0, 0.05) is 62.0 Å². The van der Waals surface area contributed by atoms with Gasteiger partial charge in [-0.2, -0.15) is 0 Å². The number of guanidine groups is 1. The summed E-state index contributed by atoms with van der Waals surface area (Å²) in [6.45, 7) is 5.55. The second kappa shape index (κ2) is 12.4. The Morgan fingerprint density at radius 3 is 2.30 bits per heavy atom. The molecule has 3 N–H and O–H groups in total. The van der Waals surface area contributed by atoms with Crippen molar-refractivity contribution >= 4 is 35.6 Å². The number of nitrogens with zero attached hydrogens (tertiary/aromatic N) is 2. The molecule has 0 amide bonds. The number of methoxy groups -OCH3 is 2. The van der Waals surface area contributed by atoms with Crippen LogP contribution in [0.1, 0.15) is 39.0 Å². The number of aliphatic hydroxyl groups is 1. The Bertz CT molecular complexity index is 658. The van der Waals surface area contributed by atoms with Crippen LogP contribution in [-0.2, 0) is 0 Å². The quantitative estimate of drug-likeness (QED) is 0.285. The first-order valence-electron chi connectivity index (χ1n) is 10.8. The number of ether oxygens (including phenoxy) is 2. The first kappa shape index (κ1) is 24.8. The standard InChI is InChI=1S/C22H36N4O3.HI/c1-4-23-22(24-15-16-6-5-7-21(16)27)25-17-8-10-26(11-9-17)18-12-19(28-2)14-20(13-18)29-3;/h12-14,16-17,21,27H,4-11,15H2,1-3H3,(H2,23,24,25);1H. The fourth-order valence-corrected chi connectivity index (χ4v) is 4.21. The molecule has 1 aliphatic heterocycles. The molecule has 1 aliphatic carbocycles. The van der Waals surface area contributed by atoms with Gasteiger partial charge in [-0.05, 0) is 32.6 Å². The van der Waals surface area contributed by atoms with Gasteiger partial charge in [-0.1, -0.05) is 6.42 Å². The Kier molecular flexibility index (Phi) is 10.3. The molecule has 1 aromatic carbocycles. The van der Waals surface area contributed by atoms with Crippen molar-refractivity contribution in [2.45, 2.75) is 51.2 Å². The molecule has 0 aromatic heterocycles. The van der Waals surface area contributed by atoms with Crippen LogP contribution in [0, 0.1) is 5.92 Å². The molecule has 2 atom stereocenters. The van der Waals surface area contributed by atoms with Gasteiger partial charge in [0.25, 0.3) is 0 Å². The summed E-state index contributed by atoms with van der Waals surface area (Å²) in [5.41, 5.74) is 1.13. The van der Waals surface area contributed by atoms with E-state index < -0.39 is 0 Å². The van der Waals surface area contributed by atoms with E-state index in [1.807, 2.05) is 6.07 Å². The van der Waals surface area contributed by atoms with Crippen molar-refractivity contribution < 1.29 is 14.6 Å². The molecule has 1 saturated carbocycles. The summed E-state index contributed by atoms with van der Waals surface area (Å²) in [6, 6.07) is 6.42. The van der Waals surface area contributed by atoms with Crippen LogP contribution in [0.25, 0.3) is 0 Å². The van der Waals surface area contributed by atoms with Crippen molar-refractivity contribution in [3.63, 3.8) is 0 Å². The molecule has 0 radical (unpaired) electrons. The number of piperidine rings is 1. The van der Waals surface area contributed by atoms with Crippen molar-refractivity contribution in [3.05, 3.63) is 18.2 Å². The number of nitrogens with one attached hydrogen (secondary N) is 2. The fourth-order valence-electron chi connectivity index (χ4n) is 4.21. The number of rotatable bonds is 7. The maximum Gasteiger partial charge on any atom is 0.191 e. The number of aliphatic imine (C=N–C) groups is 1. The molecule has 1 aromatic rings. The topological polar surface area (TPSA) is 78.4 Å². The second-order valence-corrected chi connectivity index (χ2v) is 7.95. The lowest BCUT2D eigenvalue weighted by atomic mass is 10.0. The zero-order chi connectivity index (χ0) is 20.6. The zero-order valence-corrected chi connectivity index (χ0v) is 20.7. The predicted octanol–water partition coefficient (Wildman–Crippen LogP) is 3.01. The van der Waals surface area contributed by atoms with Gasteiger partial charge in [0.15, 0.2) is 5.96 Å². The summed E-state index contributed by atoms with van der Waals surface area (Å²) < 4.78 is 10.8. The Hall–Kier alpha value is -1.42. The summed E-state index contributed by atoms with van der Waals surface area (Å²) in [5.74, 6) is 2.80. The molecule has 1 heterocycles. The minimum absolute atomic E-state index is 0. The maximum absolute atomic E-state index is 10.0. The van der Waals surface area contributed by atoms with E-state index in [-0.39, 0.29) is 30.1 Å². The molecule has 1 saturated heterocycles. The van der Waals surface area contributed by atoms with E-state index in [2.05, 4.69) is 34.6 Å². The molecule has 170 valence electrons. The van der Waals surface area contributed by atoms with Gasteiger partial charge in [0.2, 0.25) is 0 Å². The normalized spacial score (nSPS) is 22.4.